The largest absolute Gasteiger partial charge is 0.326 e. The highest BCUT2D eigenvalue weighted by Gasteiger charge is 1.99. The molecule has 3 rings (SSSR count). The van der Waals surface area contributed by atoms with E-state index in [4.69, 9.17) is 0 Å². The zero-order chi connectivity index (χ0) is 13.8. The number of hydrogen-bond acceptors (Lipinski definition) is 3. The standard InChI is InChI=1S/C16H17N3S/c1-2-3-12-4-7-15(8-5-12)20-19-14-6-9-16-13(10-14)11-17-18-16/h4-11,19H,2-3H2,1H3,(H,17,18). The van der Waals surface area contributed by atoms with Gasteiger partial charge in [-0.25, -0.2) is 0 Å². The quantitative estimate of drug-likeness (QED) is 0.670. The monoisotopic (exact) mass is 283 g/mol. The second kappa shape index (κ2) is 6.01. The van der Waals surface area contributed by atoms with E-state index in [2.05, 4.69) is 58.2 Å². The number of aromatic nitrogens is 2. The van der Waals surface area contributed by atoms with Gasteiger partial charge in [0.05, 0.1) is 11.7 Å². The van der Waals surface area contributed by atoms with Crippen LogP contribution in [0.1, 0.15) is 18.9 Å². The number of aromatic amines is 1. The predicted octanol–water partition coefficient (Wildman–Crippen LogP) is 4.63. The Morgan fingerprint density at radius 1 is 1.15 bits per heavy atom. The normalized spacial score (nSPS) is 10.8. The zero-order valence-electron chi connectivity index (χ0n) is 11.4. The molecule has 0 atom stereocenters. The lowest BCUT2D eigenvalue weighted by Gasteiger charge is -2.06. The van der Waals surface area contributed by atoms with Crippen LogP contribution >= 0.6 is 11.9 Å². The van der Waals surface area contributed by atoms with E-state index in [0.29, 0.717) is 0 Å². The number of nitrogens with one attached hydrogen (secondary N) is 2. The van der Waals surface area contributed by atoms with Crippen molar-refractivity contribution < 1.29 is 0 Å². The zero-order valence-corrected chi connectivity index (χ0v) is 12.2. The number of H-pyrrole nitrogens is 1. The van der Waals surface area contributed by atoms with Gasteiger partial charge in [-0.3, -0.25) is 5.10 Å². The topological polar surface area (TPSA) is 40.7 Å². The van der Waals surface area contributed by atoms with Gasteiger partial charge in [0, 0.05) is 16.0 Å². The summed E-state index contributed by atoms with van der Waals surface area (Å²) in [7, 11) is 0. The van der Waals surface area contributed by atoms with Gasteiger partial charge in [0.2, 0.25) is 0 Å². The summed E-state index contributed by atoms with van der Waals surface area (Å²) >= 11 is 1.63. The molecule has 102 valence electrons. The van der Waals surface area contributed by atoms with Crippen molar-refractivity contribution in [2.45, 2.75) is 24.7 Å². The van der Waals surface area contributed by atoms with Crippen LogP contribution in [0.5, 0.6) is 0 Å². The number of fused-ring (bicyclic) bond motifs is 1. The van der Waals surface area contributed by atoms with Crippen LogP contribution in [-0.4, -0.2) is 10.2 Å². The molecular weight excluding hydrogens is 266 g/mol. The molecule has 0 aliphatic heterocycles. The van der Waals surface area contributed by atoms with Crippen LogP contribution in [0.2, 0.25) is 0 Å². The lowest BCUT2D eigenvalue weighted by molar-refractivity contribution is 0.920. The minimum Gasteiger partial charge on any atom is -0.326 e. The molecular formula is C16H17N3S. The average molecular weight is 283 g/mol. The maximum Gasteiger partial charge on any atom is 0.0651 e. The molecule has 0 aliphatic carbocycles. The number of rotatable bonds is 5. The van der Waals surface area contributed by atoms with Crippen molar-refractivity contribution in [3.63, 3.8) is 0 Å². The van der Waals surface area contributed by atoms with E-state index in [1.807, 2.05) is 12.3 Å². The molecule has 0 radical (unpaired) electrons. The van der Waals surface area contributed by atoms with E-state index in [1.54, 1.807) is 11.9 Å². The van der Waals surface area contributed by atoms with Gasteiger partial charge >= 0.3 is 0 Å². The minimum atomic E-state index is 1.06. The molecule has 3 nitrogen and oxygen atoms in total. The van der Waals surface area contributed by atoms with E-state index in [9.17, 15) is 0 Å². The number of anilines is 1. The summed E-state index contributed by atoms with van der Waals surface area (Å²) in [5.41, 5.74) is 3.54. The van der Waals surface area contributed by atoms with E-state index >= 15 is 0 Å². The Labute approximate surface area is 122 Å². The van der Waals surface area contributed by atoms with E-state index < -0.39 is 0 Å². The van der Waals surface area contributed by atoms with Gasteiger partial charge in [-0.05, 0) is 54.3 Å². The summed E-state index contributed by atoms with van der Waals surface area (Å²) < 4.78 is 3.37. The third kappa shape index (κ3) is 2.96. The lowest BCUT2D eigenvalue weighted by Crippen LogP contribution is -1.87. The van der Waals surface area contributed by atoms with Gasteiger partial charge in [0.1, 0.15) is 0 Å². The fourth-order valence-corrected chi connectivity index (χ4v) is 2.77. The first-order chi connectivity index (χ1) is 9.85. The number of aryl methyl sites for hydroxylation is 1. The Balaban J connectivity index is 1.66. The van der Waals surface area contributed by atoms with Gasteiger partial charge in [0.15, 0.2) is 0 Å². The third-order valence-corrected chi connectivity index (χ3v) is 4.03. The fourth-order valence-electron chi connectivity index (χ4n) is 2.14. The summed E-state index contributed by atoms with van der Waals surface area (Å²) in [6, 6.07) is 14.9. The van der Waals surface area contributed by atoms with Crippen molar-refractivity contribution >= 4 is 28.5 Å². The van der Waals surface area contributed by atoms with Crippen LogP contribution in [0.3, 0.4) is 0 Å². The third-order valence-electron chi connectivity index (χ3n) is 3.19. The molecule has 0 amide bonds. The van der Waals surface area contributed by atoms with E-state index in [-0.39, 0.29) is 0 Å². The molecule has 1 heterocycles. The van der Waals surface area contributed by atoms with Gasteiger partial charge < -0.3 is 4.72 Å². The molecule has 0 saturated heterocycles. The minimum absolute atomic E-state index is 1.06. The Morgan fingerprint density at radius 3 is 2.80 bits per heavy atom. The van der Waals surface area contributed by atoms with Gasteiger partial charge in [-0.1, -0.05) is 25.5 Å². The van der Waals surface area contributed by atoms with Crippen LogP contribution in [0, 0.1) is 0 Å². The number of benzene rings is 2. The molecule has 0 saturated carbocycles. The van der Waals surface area contributed by atoms with Crippen LogP contribution in [-0.2, 0) is 6.42 Å². The first-order valence-electron chi connectivity index (χ1n) is 6.80. The maximum atomic E-state index is 4.03. The van der Waals surface area contributed by atoms with E-state index in [1.165, 1.54) is 16.9 Å². The van der Waals surface area contributed by atoms with Gasteiger partial charge in [-0.2, -0.15) is 5.10 Å². The Bertz CT molecular complexity index is 688. The summed E-state index contributed by atoms with van der Waals surface area (Å²) in [5, 5.41) is 8.10. The highest BCUT2D eigenvalue weighted by Crippen LogP contribution is 2.24. The molecule has 0 bridgehead atoms. The maximum absolute atomic E-state index is 4.03. The Morgan fingerprint density at radius 2 is 2.00 bits per heavy atom. The van der Waals surface area contributed by atoms with Crippen molar-refractivity contribution in [3.05, 3.63) is 54.2 Å². The van der Waals surface area contributed by atoms with Crippen molar-refractivity contribution in [1.29, 1.82) is 0 Å². The van der Waals surface area contributed by atoms with Crippen LogP contribution in [0.25, 0.3) is 10.9 Å². The molecule has 3 aromatic rings. The fraction of sp³-hybridized carbons (Fsp3) is 0.188. The Hall–Kier alpha value is -1.94. The highest BCUT2D eigenvalue weighted by atomic mass is 32.2. The first kappa shape index (κ1) is 13.1. The summed E-state index contributed by atoms with van der Waals surface area (Å²) in [6.07, 6.45) is 4.18. The first-order valence-corrected chi connectivity index (χ1v) is 7.62. The van der Waals surface area contributed by atoms with Gasteiger partial charge in [0.25, 0.3) is 0 Å². The molecule has 0 aliphatic rings. The summed E-state index contributed by atoms with van der Waals surface area (Å²) in [5.74, 6) is 0. The highest BCUT2D eigenvalue weighted by molar-refractivity contribution is 8.00. The second-order valence-corrected chi connectivity index (χ2v) is 5.65. The number of nitrogens with zero attached hydrogens (tertiary/aromatic N) is 1. The summed E-state index contributed by atoms with van der Waals surface area (Å²) in [4.78, 5) is 1.22. The van der Waals surface area contributed by atoms with E-state index in [0.717, 1.165) is 23.0 Å². The predicted molar refractivity (Wildman–Crippen MR) is 86.0 cm³/mol. The smallest absolute Gasteiger partial charge is 0.0651 e. The van der Waals surface area contributed by atoms with Crippen molar-refractivity contribution in [1.82, 2.24) is 10.2 Å². The Kier molecular flexibility index (Phi) is 3.92. The molecule has 0 fully saturated rings. The molecule has 2 aromatic carbocycles. The summed E-state index contributed by atoms with van der Waals surface area (Å²) in [6.45, 7) is 2.20. The van der Waals surface area contributed by atoms with Crippen LogP contribution < -0.4 is 4.72 Å². The molecule has 0 spiro atoms. The second-order valence-electron chi connectivity index (χ2n) is 4.77. The molecule has 1 aromatic heterocycles. The lowest BCUT2D eigenvalue weighted by atomic mass is 10.1. The van der Waals surface area contributed by atoms with Crippen molar-refractivity contribution in [2.24, 2.45) is 0 Å². The average Bonchev–Trinajstić information content (AvgIpc) is 2.94. The SMILES string of the molecule is CCCc1ccc(SNc2ccc3[nH]ncc3c2)cc1. The van der Waals surface area contributed by atoms with Crippen LogP contribution in [0.4, 0.5) is 5.69 Å². The van der Waals surface area contributed by atoms with Crippen molar-refractivity contribution in [2.75, 3.05) is 4.72 Å². The molecule has 20 heavy (non-hydrogen) atoms. The molecule has 0 unspecified atom stereocenters. The van der Waals surface area contributed by atoms with Crippen molar-refractivity contribution in [3.8, 4) is 0 Å². The van der Waals surface area contributed by atoms with Gasteiger partial charge in [-0.15, -0.1) is 0 Å². The van der Waals surface area contributed by atoms with Crippen LogP contribution in [0.15, 0.2) is 53.6 Å². The molecule has 4 heteroatoms. The molecule has 2 N–H and O–H groups in total. The number of hydrogen-bond donors (Lipinski definition) is 2.